The lowest BCUT2D eigenvalue weighted by Crippen LogP contribution is -2.57. The van der Waals surface area contributed by atoms with Gasteiger partial charge in [0.15, 0.2) is 11.7 Å². The molecule has 0 aliphatic carbocycles. The zero-order valence-electron chi connectivity index (χ0n) is 15.7. The average Bonchev–Trinajstić information content (AvgIpc) is 3.21. The van der Waals surface area contributed by atoms with Crippen LogP contribution in [0.1, 0.15) is 34.7 Å². The number of aromatic nitrogens is 1. The number of hydrogen-bond acceptors (Lipinski definition) is 7. The van der Waals surface area contributed by atoms with Gasteiger partial charge in [0.25, 0.3) is 5.91 Å². The summed E-state index contributed by atoms with van der Waals surface area (Å²) in [5.41, 5.74) is 4.41. The van der Waals surface area contributed by atoms with Crippen molar-refractivity contribution in [3.05, 3.63) is 47.4 Å². The molecule has 0 fully saturated rings. The zero-order valence-corrected chi connectivity index (χ0v) is 15.7. The third-order valence-electron chi connectivity index (χ3n) is 4.36. The molecular weight excluding hydrogens is 366 g/mol. The summed E-state index contributed by atoms with van der Waals surface area (Å²) < 4.78 is 16.7. The first kappa shape index (κ1) is 19.4. The fourth-order valence-electron chi connectivity index (χ4n) is 2.69. The number of fused-ring (bicyclic) bond motifs is 1. The number of ether oxygens (including phenoxy) is 1. The van der Waals surface area contributed by atoms with Crippen molar-refractivity contribution >= 4 is 22.8 Å². The smallest absolute Gasteiger partial charge is 0.256 e. The molecule has 0 saturated heterocycles. The molecule has 3 aromatic rings. The number of primary amides is 1. The number of nitrogens with one attached hydrogen (secondary N) is 1. The van der Waals surface area contributed by atoms with E-state index < -0.39 is 24.0 Å². The summed E-state index contributed by atoms with van der Waals surface area (Å²) in [5.74, 6) is 0.533. The van der Waals surface area contributed by atoms with Crippen LogP contribution in [0.4, 0.5) is 0 Å². The Bertz CT molecular complexity index is 1040. The minimum absolute atomic E-state index is 0.176. The maximum Gasteiger partial charge on any atom is 0.256 e. The van der Waals surface area contributed by atoms with Crippen molar-refractivity contribution in [3.63, 3.8) is 0 Å². The van der Waals surface area contributed by atoms with Crippen molar-refractivity contribution in [3.8, 4) is 5.75 Å². The minimum Gasteiger partial charge on any atom is -0.486 e. The number of nitrogens with two attached hydrogens (primary N) is 1. The Morgan fingerprint density at radius 2 is 2.07 bits per heavy atom. The molecule has 9 nitrogen and oxygen atoms in total. The molecule has 2 amide bonds. The van der Waals surface area contributed by atoms with Crippen LogP contribution in [0, 0.1) is 13.8 Å². The van der Waals surface area contributed by atoms with Gasteiger partial charge in [-0.2, -0.15) is 0 Å². The van der Waals surface area contributed by atoms with Gasteiger partial charge in [0.2, 0.25) is 5.91 Å². The molecule has 0 aliphatic heterocycles. The summed E-state index contributed by atoms with van der Waals surface area (Å²) in [4.78, 5) is 28.3. The Labute approximate surface area is 160 Å². The summed E-state index contributed by atoms with van der Waals surface area (Å²) in [6.45, 7) is 4.26. The van der Waals surface area contributed by atoms with E-state index in [4.69, 9.17) is 19.3 Å². The maximum atomic E-state index is 12.8. The second-order valence-electron chi connectivity index (χ2n) is 6.63. The van der Waals surface area contributed by atoms with Crippen LogP contribution in [-0.4, -0.2) is 34.1 Å². The SMILES string of the molecule is Cc1ncc(COc2ccc3oc(C)c(C(=O)NC(C)(CO)C(N)=O)c3c2)o1. The number of carbonyl (C=O) groups is 2. The molecule has 4 N–H and O–H groups in total. The van der Waals surface area contributed by atoms with Crippen molar-refractivity contribution < 1.29 is 28.3 Å². The van der Waals surface area contributed by atoms with Crippen molar-refractivity contribution in [2.75, 3.05) is 6.61 Å². The van der Waals surface area contributed by atoms with Crippen LogP contribution in [-0.2, 0) is 11.4 Å². The van der Waals surface area contributed by atoms with E-state index >= 15 is 0 Å². The molecule has 1 aromatic carbocycles. The Balaban J connectivity index is 1.88. The highest BCUT2D eigenvalue weighted by molar-refractivity contribution is 6.09. The van der Waals surface area contributed by atoms with E-state index in [1.165, 1.54) is 6.92 Å². The highest BCUT2D eigenvalue weighted by Gasteiger charge is 2.34. The Kier molecular flexibility index (Phi) is 5.10. The molecule has 2 heterocycles. The minimum atomic E-state index is -1.59. The van der Waals surface area contributed by atoms with Crippen LogP contribution < -0.4 is 15.8 Å². The molecule has 148 valence electrons. The zero-order chi connectivity index (χ0) is 20.5. The second-order valence-corrected chi connectivity index (χ2v) is 6.63. The number of furan rings is 1. The lowest BCUT2D eigenvalue weighted by Gasteiger charge is -2.24. The molecule has 2 aromatic heterocycles. The summed E-state index contributed by atoms with van der Waals surface area (Å²) in [7, 11) is 0. The number of rotatable bonds is 7. The molecule has 3 rings (SSSR count). The first-order valence-electron chi connectivity index (χ1n) is 8.54. The van der Waals surface area contributed by atoms with Gasteiger partial charge in [-0.3, -0.25) is 9.59 Å². The van der Waals surface area contributed by atoms with E-state index in [9.17, 15) is 14.7 Å². The van der Waals surface area contributed by atoms with Gasteiger partial charge in [-0.25, -0.2) is 4.98 Å². The summed E-state index contributed by atoms with van der Waals surface area (Å²) in [5, 5.41) is 12.4. The van der Waals surface area contributed by atoms with E-state index in [2.05, 4.69) is 10.3 Å². The standard InChI is InChI=1S/C19H21N3O6/c1-10-16(17(24)22-19(3,9-23)18(20)25)14-6-12(4-5-15(14)27-10)26-8-13-7-21-11(2)28-13/h4-7,23H,8-9H2,1-3H3,(H2,20,25)(H,22,24). The van der Waals surface area contributed by atoms with Crippen LogP contribution in [0.5, 0.6) is 5.75 Å². The molecular formula is C19H21N3O6. The largest absolute Gasteiger partial charge is 0.486 e. The summed E-state index contributed by atoms with van der Waals surface area (Å²) in [6.07, 6.45) is 1.58. The highest BCUT2D eigenvalue weighted by Crippen LogP contribution is 2.30. The molecule has 0 saturated carbocycles. The van der Waals surface area contributed by atoms with E-state index in [1.807, 2.05) is 0 Å². The molecule has 0 aliphatic rings. The lowest BCUT2D eigenvalue weighted by atomic mass is 10.0. The van der Waals surface area contributed by atoms with Gasteiger partial charge in [-0.1, -0.05) is 0 Å². The Morgan fingerprint density at radius 1 is 1.32 bits per heavy atom. The van der Waals surface area contributed by atoms with Gasteiger partial charge in [0.05, 0.1) is 18.4 Å². The predicted octanol–water partition coefficient (Wildman–Crippen LogP) is 1.58. The average molecular weight is 387 g/mol. The number of aliphatic hydroxyl groups is 1. The summed E-state index contributed by atoms with van der Waals surface area (Å²) in [6, 6.07) is 5.04. The first-order chi connectivity index (χ1) is 13.2. The topological polar surface area (TPSA) is 141 Å². The molecule has 0 spiro atoms. The van der Waals surface area contributed by atoms with Crippen LogP contribution in [0.2, 0.25) is 0 Å². The fourth-order valence-corrected chi connectivity index (χ4v) is 2.69. The summed E-state index contributed by atoms with van der Waals surface area (Å²) >= 11 is 0. The van der Waals surface area contributed by atoms with Gasteiger partial charge in [-0.05, 0) is 32.0 Å². The van der Waals surface area contributed by atoms with E-state index in [0.29, 0.717) is 34.1 Å². The number of amides is 2. The van der Waals surface area contributed by atoms with Crippen molar-refractivity contribution in [2.24, 2.45) is 5.73 Å². The number of hydrogen-bond donors (Lipinski definition) is 3. The molecule has 1 atom stereocenters. The normalized spacial score (nSPS) is 13.3. The van der Waals surface area contributed by atoms with Crippen LogP contribution >= 0.6 is 0 Å². The Morgan fingerprint density at radius 3 is 2.68 bits per heavy atom. The van der Waals surface area contributed by atoms with Gasteiger partial charge >= 0.3 is 0 Å². The van der Waals surface area contributed by atoms with Gasteiger partial charge in [0, 0.05) is 12.3 Å². The van der Waals surface area contributed by atoms with E-state index in [0.717, 1.165) is 0 Å². The Hall–Kier alpha value is -3.33. The molecule has 1 unspecified atom stereocenters. The van der Waals surface area contributed by atoms with Crippen LogP contribution in [0.3, 0.4) is 0 Å². The van der Waals surface area contributed by atoms with Crippen LogP contribution in [0.15, 0.2) is 33.2 Å². The highest BCUT2D eigenvalue weighted by atomic mass is 16.5. The van der Waals surface area contributed by atoms with Crippen molar-refractivity contribution in [1.82, 2.24) is 10.3 Å². The third-order valence-corrected chi connectivity index (χ3v) is 4.36. The van der Waals surface area contributed by atoms with Gasteiger partial charge in [-0.15, -0.1) is 0 Å². The molecule has 28 heavy (non-hydrogen) atoms. The monoisotopic (exact) mass is 387 g/mol. The third kappa shape index (κ3) is 3.70. The number of benzene rings is 1. The number of oxazole rings is 1. The predicted molar refractivity (Wildman–Crippen MR) is 98.7 cm³/mol. The molecule has 0 bridgehead atoms. The number of nitrogens with zero attached hydrogens (tertiary/aromatic N) is 1. The second kappa shape index (κ2) is 7.35. The number of aryl methyl sites for hydroxylation is 2. The van der Waals surface area contributed by atoms with Gasteiger partial charge < -0.3 is 29.7 Å². The number of carbonyl (C=O) groups excluding carboxylic acids is 2. The van der Waals surface area contributed by atoms with Gasteiger partial charge in [0.1, 0.15) is 29.2 Å². The molecule has 0 radical (unpaired) electrons. The number of aliphatic hydroxyl groups excluding tert-OH is 1. The molecule has 9 heteroatoms. The van der Waals surface area contributed by atoms with Crippen molar-refractivity contribution in [1.29, 1.82) is 0 Å². The van der Waals surface area contributed by atoms with E-state index in [1.54, 1.807) is 38.2 Å². The van der Waals surface area contributed by atoms with Crippen LogP contribution in [0.25, 0.3) is 11.0 Å². The first-order valence-corrected chi connectivity index (χ1v) is 8.54. The fraction of sp³-hybridized carbons (Fsp3) is 0.316. The lowest BCUT2D eigenvalue weighted by molar-refractivity contribution is -0.124. The maximum absolute atomic E-state index is 12.8. The van der Waals surface area contributed by atoms with E-state index in [-0.39, 0.29) is 12.2 Å². The quantitative estimate of drug-likeness (QED) is 0.559. The van der Waals surface area contributed by atoms with Crippen molar-refractivity contribution in [2.45, 2.75) is 32.9 Å².